The average Bonchev–Trinajstić information content (AvgIpc) is 3.22. The molecule has 0 unspecified atom stereocenters. The highest BCUT2D eigenvalue weighted by Gasteiger charge is 2.35. The number of methoxy groups -OCH3 is 1. The maximum atomic E-state index is 13.8. The van der Waals surface area contributed by atoms with Crippen molar-refractivity contribution in [2.45, 2.75) is 13.1 Å². The van der Waals surface area contributed by atoms with Gasteiger partial charge in [0.05, 0.1) is 12.8 Å². The maximum absolute atomic E-state index is 13.8. The third-order valence-corrected chi connectivity index (χ3v) is 4.86. The van der Waals surface area contributed by atoms with Crippen molar-refractivity contribution in [1.29, 1.82) is 0 Å². The van der Waals surface area contributed by atoms with Gasteiger partial charge < -0.3 is 10.1 Å². The van der Waals surface area contributed by atoms with E-state index in [9.17, 15) is 22.8 Å². The van der Waals surface area contributed by atoms with Crippen molar-refractivity contribution >= 4 is 23.0 Å². The van der Waals surface area contributed by atoms with Crippen LogP contribution in [-0.4, -0.2) is 33.4 Å². The minimum Gasteiger partial charge on any atom is -0.497 e. The molecule has 2 aromatic carbocycles. The summed E-state index contributed by atoms with van der Waals surface area (Å²) in [6.07, 6.45) is -4.74. The van der Waals surface area contributed by atoms with Crippen LogP contribution in [-0.2, 0) is 6.18 Å². The molecule has 168 valence electrons. The first kappa shape index (κ1) is 22.0. The molecule has 0 fully saturated rings. The Kier molecular flexibility index (Phi) is 5.59. The van der Waals surface area contributed by atoms with Crippen LogP contribution in [0.4, 0.5) is 18.9 Å². The van der Waals surface area contributed by atoms with Crippen molar-refractivity contribution in [3.05, 3.63) is 77.6 Å². The van der Waals surface area contributed by atoms with Gasteiger partial charge in [-0.1, -0.05) is 12.1 Å². The highest BCUT2D eigenvalue weighted by Crippen LogP contribution is 2.32. The number of fused-ring (bicyclic) bond motifs is 1. The molecular weight excluding hydrogens is 437 g/mol. The average molecular weight is 454 g/mol. The number of carbonyl (C=O) groups excluding carboxylic acids is 2. The first-order valence-electron chi connectivity index (χ1n) is 9.70. The smallest absolute Gasteiger partial charge is 0.433 e. The van der Waals surface area contributed by atoms with Crippen LogP contribution in [0.5, 0.6) is 5.75 Å². The molecule has 33 heavy (non-hydrogen) atoms. The number of hydrogen-bond acceptors (Lipinski definition) is 5. The largest absolute Gasteiger partial charge is 0.497 e. The van der Waals surface area contributed by atoms with E-state index in [-0.39, 0.29) is 22.8 Å². The summed E-state index contributed by atoms with van der Waals surface area (Å²) >= 11 is 0. The van der Waals surface area contributed by atoms with E-state index in [1.165, 1.54) is 26.2 Å². The third kappa shape index (κ3) is 4.54. The second-order valence-corrected chi connectivity index (χ2v) is 7.14. The lowest BCUT2D eigenvalue weighted by Gasteiger charge is -2.11. The van der Waals surface area contributed by atoms with Crippen molar-refractivity contribution < 1.29 is 27.5 Å². The molecule has 1 amide bonds. The summed E-state index contributed by atoms with van der Waals surface area (Å²) in [5.41, 5.74) is -0.265. The van der Waals surface area contributed by atoms with Crippen molar-refractivity contribution in [3.8, 4) is 17.0 Å². The van der Waals surface area contributed by atoms with Crippen molar-refractivity contribution in [2.75, 3.05) is 12.4 Å². The predicted octanol–water partition coefficient (Wildman–Crippen LogP) is 4.88. The minimum atomic E-state index is -4.74. The standard InChI is InChI=1S/C23H17F3N4O3/c1-13(31)15-4-3-5-16(10-15)27-22(32)19-12-21-28-18(14-6-8-17(33-2)9-7-14)11-20(23(24,25)26)30(21)29-19/h3-12H,1-2H3,(H,27,32). The quantitative estimate of drug-likeness (QED) is 0.435. The number of benzene rings is 2. The lowest BCUT2D eigenvalue weighted by molar-refractivity contribution is -0.142. The van der Waals surface area contributed by atoms with E-state index in [0.717, 1.165) is 6.07 Å². The lowest BCUT2D eigenvalue weighted by atomic mass is 10.1. The molecule has 4 aromatic rings. The number of ketones is 1. The van der Waals surface area contributed by atoms with Crippen molar-refractivity contribution in [3.63, 3.8) is 0 Å². The number of amides is 1. The predicted molar refractivity (Wildman–Crippen MR) is 114 cm³/mol. The van der Waals surface area contributed by atoms with Gasteiger partial charge in [0.15, 0.2) is 22.8 Å². The zero-order valence-electron chi connectivity index (χ0n) is 17.5. The van der Waals surface area contributed by atoms with E-state index in [2.05, 4.69) is 15.4 Å². The summed E-state index contributed by atoms with van der Waals surface area (Å²) in [6.45, 7) is 1.38. The van der Waals surface area contributed by atoms with Crippen LogP contribution >= 0.6 is 0 Å². The number of alkyl halides is 3. The van der Waals surface area contributed by atoms with Gasteiger partial charge in [0.25, 0.3) is 5.91 Å². The number of halogens is 3. The van der Waals surface area contributed by atoms with E-state index in [4.69, 9.17) is 4.74 Å². The first-order valence-corrected chi connectivity index (χ1v) is 9.70. The van der Waals surface area contributed by atoms with Crippen molar-refractivity contribution in [1.82, 2.24) is 14.6 Å². The van der Waals surface area contributed by atoms with Gasteiger partial charge in [0, 0.05) is 22.9 Å². The van der Waals surface area contributed by atoms with Crippen LogP contribution in [0, 0.1) is 0 Å². The molecule has 2 heterocycles. The number of Topliss-reactive ketones (excluding diaryl/α,β-unsaturated/α-hetero) is 1. The van der Waals surface area contributed by atoms with Crippen LogP contribution in [0.15, 0.2) is 60.7 Å². The van der Waals surface area contributed by atoms with Crippen LogP contribution in [0.3, 0.4) is 0 Å². The Morgan fingerprint density at radius 1 is 1.03 bits per heavy atom. The minimum absolute atomic E-state index is 0.0681. The number of nitrogens with one attached hydrogen (secondary N) is 1. The molecule has 10 heteroatoms. The molecule has 2 aromatic heterocycles. The molecule has 0 saturated carbocycles. The summed E-state index contributed by atoms with van der Waals surface area (Å²) in [7, 11) is 1.48. The van der Waals surface area contributed by atoms with Gasteiger partial charge in [-0.3, -0.25) is 9.59 Å². The molecule has 7 nitrogen and oxygen atoms in total. The molecule has 1 N–H and O–H groups in total. The fraction of sp³-hybridized carbons (Fsp3) is 0.130. The molecule has 0 saturated heterocycles. The van der Waals surface area contributed by atoms with Gasteiger partial charge in [-0.2, -0.15) is 18.3 Å². The van der Waals surface area contributed by atoms with Crippen molar-refractivity contribution in [2.24, 2.45) is 0 Å². The number of nitrogens with zero attached hydrogens (tertiary/aromatic N) is 3. The van der Waals surface area contributed by atoms with Gasteiger partial charge in [0.2, 0.25) is 0 Å². The highest BCUT2D eigenvalue weighted by molar-refractivity contribution is 6.04. The Morgan fingerprint density at radius 3 is 2.39 bits per heavy atom. The van der Waals surface area contributed by atoms with Crippen LogP contribution in [0.25, 0.3) is 16.9 Å². The Balaban J connectivity index is 1.74. The monoisotopic (exact) mass is 454 g/mol. The number of ether oxygens (including phenoxy) is 1. The molecule has 0 aliphatic rings. The second kappa shape index (κ2) is 8.38. The van der Waals surface area contributed by atoms with Gasteiger partial charge >= 0.3 is 6.18 Å². The molecule has 0 atom stereocenters. The normalized spacial score (nSPS) is 11.4. The molecule has 0 spiro atoms. The summed E-state index contributed by atoms with van der Waals surface area (Å²) < 4.78 is 47.0. The van der Waals surface area contributed by atoms with E-state index in [0.29, 0.717) is 27.1 Å². The molecule has 0 bridgehead atoms. The highest BCUT2D eigenvalue weighted by atomic mass is 19.4. The van der Waals surface area contributed by atoms with Crippen LogP contribution < -0.4 is 10.1 Å². The Hall–Kier alpha value is -4.21. The van der Waals surface area contributed by atoms with Crippen LogP contribution in [0.2, 0.25) is 0 Å². The first-order chi connectivity index (χ1) is 15.7. The molecule has 4 rings (SSSR count). The Bertz CT molecular complexity index is 1360. The third-order valence-electron chi connectivity index (χ3n) is 4.86. The number of hydrogen-bond donors (Lipinski definition) is 1. The lowest BCUT2D eigenvalue weighted by Crippen LogP contribution is -2.16. The molecular formula is C23H17F3N4O3. The Labute approximate surface area is 185 Å². The fourth-order valence-electron chi connectivity index (χ4n) is 3.21. The zero-order valence-corrected chi connectivity index (χ0v) is 17.5. The summed E-state index contributed by atoms with van der Waals surface area (Å²) in [4.78, 5) is 28.5. The van der Waals surface area contributed by atoms with E-state index in [1.807, 2.05) is 0 Å². The van der Waals surface area contributed by atoms with Gasteiger partial charge in [0.1, 0.15) is 5.75 Å². The number of rotatable bonds is 5. The summed E-state index contributed by atoms with van der Waals surface area (Å²) in [6, 6.07) is 14.6. The molecule has 0 radical (unpaired) electrons. The second-order valence-electron chi connectivity index (χ2n) is 7.14. The molecule has 0 aliphatic carbocycles. The van der Waals surface area contributed by atoms with Gasteiger partial charge in [-0.25, -0.2) is 9.50 Å². The summed E-state index contributed by atoms with van der Waals surface area (Å²) in [5, 5.41) is 6.37. The SMILES string of the molecule is COc1ccc(-c2cc(C(F)(F)F)n3nc(C(=O)Nc4cccc(C(C)=O)c4)cc3n2)cc1. The number of carbonyl (C=O) groups is 2. The fourth-order valence-corrected chi connectivity index (χ4v) is 3.21. The van der Waals surface area contributed by atoms with E-state index in [1.54, 1.807) is 42.5 Å². The summed E-state index contributed by atoms with van der Waals surface area (Å²) in [5.74, 6) is -0.378. The van der Waals surface area contributed by atoms with Gasteiger partial charge in [-0.15, -0.1) is 0 Å². The maximum Gasteiger partial charge on any atom is 0.433 e. The van der Waals surface area contributed by atoms with E-state index < -0.39 is 17.8 Å². The van der Waals surface area contributed by atoms with E-state index >= 15 is 0 Å². The van der Waals surface area contributed by atoms with Gasteiger partial charge in [-0.05, 0) is 49.4 Å². The number of aromatic nitrogens is 3. The number of anilines is 1. The topological polar surface area (TPSA) is 85.6 Å². The van der Waals surface area contributed by atoms with Crippen LogP contribution in [0.1, 0.15) is 33.5 Å². The zero-order chi connectivity index (χ0) is 23.8. The Morgan fingerprint density at radius 2 is 1.76 bits per heavy atom. The molecule has 0 aliphatic heterocycles.